The van der Waals surface area contributed by atoms with Crippen LogP contribution < -0.4 is 21.6 Å². The Morgan fingerprint density at radius 1 is 1.10 bits per heavy atom. The number of nitrogens with one attached hydrogen (secondary N) is 4. The second-order valence-electron chi connectivity index (χ2n) is 10.5. The fraction of sp³-hybridized carbons (Fsp3) is 0.250. The van der Waals surface area contributed by atoms with Crippen LogP contribution in [0.25, 0.3) is 10.9 Å². The van der Waals surface area contributed by atoms with Crippen molar-refractivity contribution in [3.8, 4) is 6.07 Å². The Morgan fingerprint density at radius 2 is 1.88 bits per heavy atom. The van der Waals surface area contributed by atoms with Gasteiger partial charge in [0, 0.05) is 48.3 Å². The van der Waals surface area contributed by atoms with Crippen LogP contribution in [0.1, 0.15) is 36.9 Å². The maximum Gasteiger partial charge on any atom is 0.141 e. The number of nitriles is 1. The van der Waals surface area contributed by atoms with Gasteiger partial charge in [-0.1, -0.05) is 48.9 Å². The van der Waals surface area contributed by atoms with Crippen LogP contribution in [-0.4, -0.2) is 40.6 Å². The highest BCUT2D eigenvalue weighted by molar-refractivity contribution is 6.31. The van der Waals surface area contributed by atoms with Gasteiger partial charge in [-0.3, -0.25) is 9.99 Å². The lowest BCUT2D eigenvalue weighted by atomic mass is 10.0. The Bertz CT molecular complexity index is 1650. The first kappa shape index (κ1) is 27.8. The Hall–Kier alpha value is -4.36. The van der Waals surface area contributed by atoms with Gasteiger partial charge in [0.15, 0.2) is 0 Å². The molecule has 10 heteroatoms. The molecule has 2 aliphatic rings. The molecule has 1 atom stereocenters. The van der Waals surface area contributed by atoms with Gasteiger partial charge >= 0.3 is 0 Å². The third-order valence-electron chi connectivity index (χ3n) is 7.94. The molecule has 0 saturated carbocycles. The number of piperidine rings is 1. The third kappa shape index (κ3) is 5.83. The quantitative estimate of drug-likeness (QED) is 0.188. The first-order valence-electron chi connectivity index (χ1n) is 14.1. The Morgan fingerprint density at radius 3 is 2.62 bits per heavy atom. The average Bonchev–Trinajstić information content (AvgIpc) is 3.52. The van der Waals surface area contributed by atoms with Gasteiger partial charge in [0.05, 0.1) is 33.5 Å². The van der Waals surface area contributed by atoms with Gasteiger partial charge in [0.1, 0.15) is 11.9 Å². The van der Waals surface area contributed by atoms with E-state index in [0.717, 1.165) is 60.3 Å². The molecular formula is C32H32ClFN8. The van der Waals surface area contributed by atoms with Gasteiger partial charge in [-0.2, -0.15) is 5.26 Å². The number of nitrogens with zero attached hydrogens (tertiary/aromatic N) is 4. The number of hydrogen-bond acceptors (Lipinski definition) is 8. The molecule has 0 unspecified atom stereocenters. The van der Waals surface area contributed by atoms with Gasteiger partial charge in [0.25, 0.3) is 0 Å². The molecule has 0 radical (unpaired) electrons. The van der Waals surface area contributed by atoms with Crippen LogP contribution in [0.4, 0.5) is 21.5 Å². The number of likely N-dealkylation sites (tertiary alicyclic amines) is 1. The van der Waals surface area contributed by atoms with Gasteiger partial charge in [-0.05, 0) is 61.3 Å². The molecular weight excluding hydrogens is 551 g/mol. The summed E-state index contributed by atoms with van der Waals surface area (Å²) >= 11 is 6.02. The second kappa shape index (κ2) is 12.2. The van der Waals surface area contributed by atoms with E-state index < -0.39 is 5.82 Å². The third-order valence-corrected chi connectivity index (χ3v) is 8.23. The fourth-order valence-electron chi connectivity index (χ4n) is 5.57. The minimum absolute atomic E-state index is 0.000774. The lowest BCUT2D eigenvalue weighted by molar-refractivity contribution is 0.112. The van der Waals surface area contributed by atoms with Crippen molar-refractivity contribution in [2.45, 2.75) is 31.8 Å². The number of hydrogen-bond donors (Lipinski definition) is 4. The number of pyridine rings is 1. The van der Waals surface area contributed by atoms with Crippen molar-refractivity contribution in [3.05, 3.63) is 107 Å². The van der Waals surface area contributed by atoms with Crippen LogP contribution >= 0.6 is 11.6 Å². The summed E-state index contributed by atoms with van der Waals surface area (Å²) in [5.74, 6) is -0.505. The van der Waals surface area contributed by atoms with Crippen molar-refractivity contribution >= 4 is 39.6 Å². The number of aromatic nitrogens is 1. The van der Waals surface area contributed by atoms with E-state index in [9.17, 15) is 9.65 Å². The predicted molar refractivity (Wildman–Crippen MR) is 165 cm³/mol. The highest BCUT2D eigenvalue weighted by Gasteiger charge is 2.28. The number of benzene rings is 3. The molecule has 1 aromatic heterocycles. The minimum Gasteiger partial charge on any atom is -0.373 e. The molecule has 3 heterocycles. The topological polar surface area (TPSA) is 91.3 Å². The van der Waals surface area contributed by atoms with Crippen LogP contribution in [-0.2, 0) is 0 Å². The zero-order valence-electron chi connectivity index (χ0n) is 23.2. The fourth-order valence-corrected chi connectivity index (χ4v) is 5.75. The molecule has 0 bridgehead atoms. The number of fused-ring (bicyclic) bond motifs is 1. The molecule has 4 aromatic rings. The van der Waals surface area contributed by atoms with Crippen molar-refractivity contribution in [1.82, 2.24) is 25.9 Å². The van der Waals surface area contributed by atoms with E-state index in [1.165, 1.54) is 18.3 Å². The van der Waals surface area contributed by atoms with Gasteiger partial charge in [0.2, 0.25) is 0 Å². The first-order valence-corrected chi connectivity index (χ1v) is 14.5. The van der Waals surface area contributed by atoms with Crippen molar-refractivity contribution < 1.29 is 4.39 Å². The summed E-state index contributed by atoms with van der Waals surface area (Å²) < 4.78 is 13.8. The molecule has 3 aromatic carbocycles. The molecule has 8 nitrogen and oxygen atoms in total. The van der Waals surface area contributed by atoms with Crippen molar-refractivity contribution in [3.63, 3.8) is 0 Å². The average molecular weight is 583 g/mol. The van der Waals surface area contributed by atoms with Crippen molar-refractivity contribution in [1.29, 1.82) is 5.26 Å². The number of halogens is 2. The maximum absolute atomic E-state index is 13.8. The summed E-state index contributed by atoms with van der Waals surface area (Å²) in [4.78, 5) is 6.98. The predicted octanol–water partition coefficient (Wildman–Crippen LogP) is 6.45. The van der Waals surface area contributed by atoms with E-state index in [1.807, 2.05) is 36.4 Å². The number of anilines is 3. The molecule has 2 aliphatic heterocycles. The van der Waals surface area contributed by atoms with Crippen LogP contribution in [0, 0.1) is 17.1 Å². The van der Waals surface area contributed by atoms with Crippen molar-refractivity contribution in [2.24, 2.45) is 0 Å². The van der Waals surface area contributed by atoms with E-state index in [-0.39, 0.29) is 11.1 Å². The van der Waals surface area contributed by atoms with Crippen molar-refractivity contribution in [2.75, 3.05) is 30.3 Å². The minimum atomic E-state index is -0.505. The molecule has 1 fully saturated rings. The highest BCUT2D eigenvalue weighted by Crippen LogP contribution is 2.34. The summed E-state index contributed by atoms with van der Waals surface area (Å²) in [5.41, 5.74) is 12.0. The highest BCUT2D eigenvalue weighted by atomic mass is 35.5. The molecule has 0 spiro atoms. The Labute approximate surface area is 249 Å². The molecule has 0 aliphatic carbocycles. The van der Waals surface area contributed by atoms with E-state index in [0.29, 0.717) is 23.0 Å². The van der Waals surface area contributed by atoms with E-state index in [1.54, 1.807) is 6.07 Å². The summed E-state index contributed by atoms with van der Waals surface area (Å²) in [5, 5.41) is 19.8. The number of hydrazine groups is 2. The summed E-state index contributed by atoms with van der Waals surface area (Å²) in [6.45, 7) is 5.50. The first-order chi connectivity index (χ1) is 20.5. The zero-order chi connectivity index (χ0) is 29.1. The molecule has 1 saturated heterocycles. The number of rotatable bonds is 8. The van der Waals surface area contributed by atoms with Crippen LogP contribution in [0.2, 0.25) is 5.02 Å². The standard InChI is InChI=1S/C32H32ClFN8/c1-2-41-14-12-25(13-15-41)42-20-30(39-40-42)32(21-6-4-3-5-7-21)38-23-9-11-29-26(16-23)31(22(18-35)19-36-29)37-24-8-10-28(34)27(33)17-24/h3-11,16-17,19-20,25,32,38-40H,2,12-15H2,1H3,(H,36,37)/t32-/m0/s1. The normalized spacial score (nSPS) is 16.5. The molecule has 214 valence electrons. The van der Waals surface area contributed by atoms with Crippen LogP contribution in [0.15, 0.2) is 84.8 Å². The lowest BCUT2D eigenvalue weighted by Gasteiger charge is -2.35. The largest absolute Gasteiger partial charge is 0.373 e. The second-order valence-corrected chi connectivity index (χ2v) is 10.9. The van der Waals surface area contributed by atoms with Gasteiger partial charge in [-0.25, -0.2) is 4.39 Å². The molecule has 42 heavy (non-hydrogen) atoms. The summed E-state index contributed by atoms with van der Waals surface area (Å²) in [6, 6.07) is 23.0. The zero-order valence-corrected chi connectivity index (χ0v) is 24.0. The molecule has 0 amide bonds. The smallest absolute Gasteiger partial charge is 0.141 e. The molecule has 4 N–H and O–H groups in total. The molecule has 6 rings (SSSR count). The van der Waals surface area contributed by atoms with E-state index in [2.05, 4.69) is 67.8 Å². The van der Waals surface area contributed by atoms with Gasteiger partial charge in [-0.15, -0.1) is 5.53 Å². The lowest BCUT2D eigenvalue weighted by Crippen LogP contribution is -2.48. The SMILES string of the molecule is CCN1CCC(N2C=C([C@@H](Nc3ccc4ncc(C#N)c(Nc5ccc(F)c(Cl)c5)c4c3)c3ccccc3)NN2)CC1. The summed E-state index contributed by atoms with van der Waals surface area (Å²) in [6.07, 6.45) is 5.90. The Kier molecular flexibility index (Phi) is 8.11. The van der Waals surface area contributed by atoms with Gasteiger partial charge < -0.3 is 21.0 Å². The van der Waals surface area contributed by atoms with Crippen LogP contribution in [0.3, 0.4) is 0 Å². The maximum atomic E-state index is 13.8. The van der Waals surface area contributed by atoms with E-state index >= 15 is 0 Å². The Balaban J connectivity index is 1.32. The van der Waals surface area contributed by atoms with Crippen LogP contribution in [0.5, 0.6) is 0 Å². The monoisotopic (exact) mass is 582 g/mol. The summed E-state index contributed by atoms with van der Waals surface area (Å²) in [7, 11) is 0. The van der Waals surface area contributed by atoms with E-state index in [4.69, 9.17) is 11.6 Å².